The molecule has 3 heteroatoms. The molecule has 0 aliphatic heterocycles. The van der Waals surface area contributed by atoms with Crippen molar-refractivity contribution < 1.29 is 14.6 Å². The number of aliphatic hydroxyl groups is 1. The van der Waals surface area contributed by atoms with Gasteiger partial charge in [-0.05, 0) is 58.3 Å². The monoisotopic (exact) mass is 212 g/mol. The smallest absolute Gasteiger partial charge is 0.338 e. The zero-order chi connectivity index (χ0) is 11.3. The molecule has 2 bridgehead atoms. The lowest BCUT2D eigenvalue weighted by Gasteiger charge is -2.35. The fraction of sp³-hybridized carbons (Fsp3) is 0.917. The number of fused-ring (bicyclic) bond motifs is 2. The van der Waals surface area contributed by atoms with Crippen molar-refractivity contribution in [1.29, 1.82) is 0 Å². The standard InChI is InChI=1S/C12H20O3/c1-11(2,14)10(13)15-12(3)7-8-4-5-9(12)6-8/h8-9,14H,4-7H2,1-3H3. The summed E-state index contributed by atoms with van der Waals surface area (Å²) >= 11 is 0. The fourth-order valence-electron chi connectivity index (χ4n) is 3.02. The summed E-state index contributed by atoms with van der Waals surface area (Å²) in [6, 6.07) is 0. The normalized spacial score (nSPS) is 39.5. The lowest BCUT2D eigenvalue weighted by molar-refractivity contribution is -0.181. The SMILES string of the molecule is CC(C)(O)C(=O)OC1(C)CC2CCC1C2. The minimum absolute atomic E-state index is 0.319. The molecule has 0 aromatic carbocycles. The van der Waals surface area contributed by atoms with Gasteiger partial charge in [0, 0.05) is 0 Å². The number of carbonyl (C=O) groups is 1. The average Bonchev–Trinajstić information content (AvgIpc) is 2.60. The minimum atomic E-state index is -1.37. The highest BCUT2D eigenvalue weighted by Crippen LogP contribution is 2.52. The molecule has 2 aliphatic rings. The molecule has 2 aliphatic carbocycles. The first-order valence-corrected chi connectivity index (χ1v) is 5.77. The molecule has 2 saturated carbocycles. The molecule has 1 N–H and O–H groups in total. The summed E-state index contributed by atoms with van der Waals surface area (Å²) in [5.41, 5.74) is -1.69. The minimum Gasteiger partial charge on any atom is -0.457 e. The summed E-state index contributed by atoms with van der Waals surface area (Å²) in [6.07, 6.45) is 4.61. The number of esters is 1. The van der Waals surface area contributed by atoms with E-state index in [1.165, 1.54) is 33.1 Å². The van der Waals surface area contributed by atoms with Crippen LogP contribution in [0.5, 0.6) is 0 Å². The third-order valence-corrected chi connectivity index (χ3v) is 3.92. The summed E-state index contributed by atoms with van der Waals surface area (Å²) in [7, 11) is 0. The number of carbonyl (C=O) groups excluding carboxylic acids is 1. The molecular formula is C12H20O3. The molecule has 3 atom stereocenters. The Morgan fingerprint density at radius 3 is 2.53 bits per heavy atom. The van der Waals surface area contributed by atoms with Gasteiger partial charge >= 0.3 is 5.97 Å². The molecule has 0 amide bonds. The summed E-state index contributed by atoms with van der Waals surface area (Å²) in [5.74, 6) is 0.751. The van der Waals surface area contributed by atoms with Crippen LogP contribution in [0.1, 0.15) is 46.5 Å². The second kappa shape index (κ2) is 3.21. The lowest BCUT2D eigenvalue weighted by Crippen LogP contribution is -2.44. The van der Waals surface area contributed by atoms with Crippen molar-refractivity contribution in [3.8, 4) is 0 Å². The van der Waals surface area contributed by atoms with Crippen molar-refractivity contribution in [3.05, 3.63) is 0 Å². The number of ether oxygens (including phenoxy) is 1. The molecule has 2 fully saturated rings. The summed E-state index contributed by atoms with van der Waals surface area (Å²) < 4.78 is 5.51. The predicted octanol–water partition coefficient (Wildman–Crippen LogP) is 1.88. The third-order valence-electron chi connectivity index (χ3n) is 3.92. The van der Waals surface area contributed by atoms with Gasteiger partial charge in [0.2, 0.25) is 0 Å². The van der Waals surface area contributed by atoms with Gasteiger partial charge < -0.3 is 9.84 Å². The molecule has 0 aromatic rings. The topological polar surface area (TPSA) is 46.5 Å². The van der Waals surface area contributed by atoms with E-state index in [1.807, 2.05) is 6.92 Å². The Labute approximate surface area is 90.8 Å². The van der Waals surface area contributed by atoms with Crippen LogP contribution < -0.4 is 0 Å². The highest BCUT2D eigenvalue weighted by molar-refractivity contribution is 5.78. The maximum atomic E-state index is 11.6. The van der Waals surface area contributed by atoms with E-state index in [-0.39, 0.29) is 5.60 Å². The third kappa shape index (κ3) is 1.89. The van der Waals surface area contributed by atoms with E-state index >= 15 is 0 Å². The van der Waals surface area contributed by atoms with Crippen LogP contribution in [-0.2, 0) is 9.53 Å². The van der Waals surface area contributed by atoms with Crippen LogP contribution in [0.15, 0.2) is 0 Å². The summed E-state index contributed by atoms with van der Waals surface area (Å²) in [4.78, 5) is 11.6. The maximum absolute atomic E-state index is 11.6. The van der Waals surface area contributed by atoms with Gasteiger partial charge in [-0.15, -0.1) is 0 Å². The van der Waals surface area contributed by atoms with Crippen molar-refractivity contribution >= 4 is 5.97 Å². The number of hydrogen-bond donors (Lipinski definition) is 1. The van der Waals surface area contributed by atoms with Gasteiger partial charge in [0.15, 0.2) is 5.60 Å². The molecule has 3 nitrogen and oxygen atoms in total. The molecule has 2 rings (SSSR count). The van der Waals surface area contributed by atoms with Crippen molar-refractivity contribution in [3.63, 3.8) is 0 Å². The Bertz CT molecular complexity index is 279. The molecule has 0 aromatic heterocycles. The van der Waals surface area contributed by atoms with Crippen LogP contribution in [0, 0.1) is 11.8 Å². The van der Waals surface area contributed by atoms with E-state index in [1.54, 1.807) is 0 Å². The van der Waals surface area contributed by atoms with Gasteiger partial charge in [-0.25, -0.2) is 4.79 Å². The molecule has 15 heavy (non-hydrogen) atoms. The van der Waals surface area contributed by atoms with Crippen molar-refractivity contribution in [2.75, 3.05) is 0 Å². The molecule has 0 radical (unpaired) electrons. The van der Waals surface area contributed by atoms with Crippen LogP contribution >= 0.6 is 0 Å². The zero-order valence-corrected chi connectivity index (χ0v) is 9.75. The average molecular weight is 212 g/mol. The van der Waals surface area contributed by atoms with Gasteiger partial charge in [0.25, 0.3) is 0 Å². The largest absolute Gasteiger partial charge is 0.457 e. The molecule has 86 valence electrons. The van der Waals surface area contributed by atoms with Gasteiger partial charge in [0.1, 0.15) is 5.60 Å². The summed E-state index contributed by atoms with van der Waals surface area (Å²) in [5, 5.41) is 9.56. The van der Waals surface area contributed by atoms with Crippen LogP contribution in [0.2, 0.25) is 0 Å². The Balaban J connectivity index is 2.03. The van der Waals surface area contributed by atoms with Gasteiger partial charge in [-0.2, -0.15) is 0 Å². The second-order valence-electron chi connectivity index (χ2n) is 5.84. The number of hydrogen-bond acceptors (Lipinski definition) is 3. The van der Waals surface area contributed by atoms with Crippen molar-refractivity contribution in [2.45, 2.75) is 57.7 Å². The maximum Gasteiger partial charge on any atom is 0.338 e. The van der Waals surface area contributed by atoms with E-state index in [2.05, 4.69) is 0 Å². The van der Waals surface area contributed by atoms with Gasteiger partial charge in [0.05, 0.1) is 0 Å². The molecule has 0 spiro atoms. The van der Waals surface area contributed by atoms with Crippen LogP contribution in [0.3, 0.4) is 0 Å². The Morgan fingerprint density at radius 1 is 1.47 bits per heavy atom. The quantitative estimate of drug-likeness (QED) is 0.711. The van der Waals surface area contributed by atoms with Crippen molar-refractivity contribution in [2.24, 2.45) is 11.8 Å². The Kier molecular flexibility index (Phi) is 2.34. The first-order chi connectivity index (χ1) is 6.81. The highest BCUT2D eigenvalue weighted by Gasteiger charge is 2.51. The first-order valence-electron chi connectivity index (χ1n) is 5.77. The molecule has 0 saturated heterocycles. The van der Waals surface area contributed by atoms with Gasteiger partial charge in [-0.1, -0.05) is 0 Å². The van der Waals surface area contributed by atoms with E-state index < -0.39 is 11.6 Å². The summed E-state index contributed by atoms with van der Waals surface area (Å²) in [6.45, 7) is 4.97. The van der Waals surface area contributed by atoms with E-state index in [0.29, 0.717) is 5.92 Å². The lowest BCUT2D eigenvalue weighted by atomic mass is 9.85. The van der Waals surface area contributed by atoms with Crippen LogP contribution in [0.4, 0.5) is 0 Å². The van der Waals surface area contributed by atoms with Crippen LogP contribution in [0.25, 0.3) is 0 Å². The fourth-order valence-corrected chi connectivity index (χ4v) is 3.02. The van der Waals surface area contributed by atoms with E-state index in [9.17, 15) is 9.90 Å². The van der Waals surface area contributed by atoms with Gasteiger partial charge in [-0.3, -0.25) is 0 Å². The Hall–Kier alpha value is -0.570. The van der Waals surface area contributed by atoms with E-state index in [4.69, 9.17) is 4.74 Å². The molecule has 0 heterocycles. The first kappa shape index (κ1) is 10.9. The van der Waals surface area contributed by atoms with Crippen LogP contribution in [-0.4, -0.2) is 22.3 Å². The highest BCUT2D eigenvalue weighted by atomic mass is 16.6. The predicted molar refractivity (Wildman–Crippen MR) is 56.2 cm³/mol. The van der Waals surface area contributed by atoms with Crippen molar-refractivity contribution in [1.82, 2.24) is 0 Å². The number of rotatable bonds is 2. The second-order valence-corrected chi connectivity index (χ2v) is 5.84. The molecular weight excluding hydrogens is 192 g/mol. The zero-order valence-electron chi connectivity index (χ0n) is 9.75. The molecule has 3 unspecified atom stereocenters. The Morgan fingerprint density at radius 2 is 2.13 bits per heavy atom. The van der Waals surface area contributed by atoms with E-state index in [0.717, 1.165) is 12.3 Å².